The van der Waals surface area contributed by atoms with Crippen LogP contribution in [0.5, 0.6) is 0 Å². The molecule has 35 atom stereocenters. The van der Waals surface area contributed by atoms with Crippen molar-refractivity contribution in [2.24, 2.45) is 5.92 Å². The number of carboxylic acids is 3. The molecule has 3 unspecified atom stereocenters. The van der Waals surface area contributed by atoms with Gasteiger partial charge in [0.1, 0.15) is 122 Å². The number of hydrogen-bond acceptors (Lipinski definition) is 39. The standard InChI is InChI=1S/C96H166N4O42/c1-7-9-11-13-15-17-19-21-22-23-24-25-26-27-28-30-32-34-36-38-40-42-70(116)100-59(60(111)41-39-37-35-33-31-29-20-18-16-14-12-10-8-2)53-131-89-80(123)79(122)82(68(51-105)133-89)135-90-81(124)87(83(69(52-106)134-90)136-88-58(43-54(3)107)74(117)76(119)65(48-102)132-88)142-96(93(129)130)46-63(114)73(99-57(6)110)86(141-96)78(121)67(50-104)138-95(92(127)128)45-62(113)72(98-56(5)109)85(140-95)77(120)66(49-103)137-94(91(125)126)44-61(112)71(97-55(4)108)84(139-94)75(118)64(115)47-101/h21-22,39,41,58-69,71-90,101-106,111-115,117-124H,7-20,23-38,40,42-53H2,1-6H3,(H,97,108)(H,98,109)(H,99,110)(H,100,116)(H,125,126)(H,127,128)(H,129,130)/b22-21-,41-39+/t58-,59+,60-,61+,62+,63+,64-,65-,66-,67-,68-,69-,71-,72-,73-,74-,75-,76+,77-,78-,79-,80-,81-,82-,83+,84?,85?,86?,87-,88+,89-,90+,94-,95-,96+/m1/s1. The minimum absolute atomic E-state index is 0.0789. The number of nitrogens with one attached hydrogen (secondary N) is 4. The third kappa shape index (κ3) is 37.4. The minimum Gasteiger partial charge on any atom is -0.477 e. The molecule has 0 aromatic rings. The maximum absolute atomic E-state index is 14.5. The average Bonchev–Trinajstić information content (AvgIpc) is 0.741. The van der Waals surface area contributed by atoms with Gasteiger partial charge in [-0.25, -0.2) is 14.4 Å². The Labute approximate surface area is 828 Å². The smallest absolute Gasteiger partial charge is 0.364 e. The summed E-state index contributed by atoms with van der Waals surface area (Å²) in [4.78, 5) is 107. The van der Waals surface area contributed by atoms with Crippen LogP contribution >= 0.6 is 0 Å². The molecule has 0 bridgehead atoms. The lowest BCUT2D eigenvalue weighted by molar-refractivity contribution is -0.404. The first-order valence-electron chi connectivity index (χ1n) is 50.7. The number of Topliss-reactive ketones (excluding diaryl/α,β-unsaturated/α-hetero) is 1. The molecule has 0 spiro atoms. The summed E-state index contributed by atoms with van der Waals surface area (Å²) in [7, 11) is 0. The highest BCUT2D eigenvalue weighted by atomic mass is 16.8. The zero-order chi connectivity index (χ0) is 105. The SMILES string of the molecule is CCCCCCCC/C=C\CCCCCCCCCCCCCC(=O)N[C@@H](CO[C@@H]1O[C@H](CO)[C@@H](O[C@@H]2O[C@H](CO)[C@H](O[C@@H]3O[C@H](CO)[C@H](O)[C@H](O)[C@H]3CC(C)=O)[C@H](O[C@]3(C(=O)O)C[C@H](O)[C@@H](NC(C)=O)C([C@H](O)[C@@H](CO)O[C@]4(C(=O)O)C[C@H](O)[C@@H](NC(C)=O)C([C@H](O)[C@@H](CO)O[C@]5(C(=O)O)C[C@H](O)[C@@H](NC(C)=O)C([C@H](O)[C@H](O)CO)O5)O4)O3)[C@H]2O)[C@H](O)[C@H]1O)[C@H](O)/C=C/CCCCCCCCCCCCC. The van der Waals surface area contributed by atoms with Crippen LogP contribution < -0.4 is 21.3 Å². The van der Waals surface area contributed by atoms with Gasteiger partial charge in [0, 0.05) is 58.8 Å². The molecular formula is C96H166N4O42. The van der Waals surface area contributed by atoms with Crippen molar-refractivity contribution >= 4 is 47.3 Å². The topological polar surface area (TPSA) is 741 Å². The lowest BCUT2D eigenvalue weighted by atomic mass is 9.86. The molecule has 4 amide bonds. The first-order valence-corrected chi connectivity index (χ1v) is 50.7. The Hall–Kier alpha value is -5.80. The highest BCUT2D eigenvalue weighted by Crippen LogP contribution is 2.45. The van der Waals surface area contributed by atoms with E-state index in [0.717, 1.165) is 111 Å². The normalized spacial score (nSPS) is 33.1. The summed E-state index contributed by atoms with van der Waals surface area (Å²) < 4.78 is 72.1. The number of aliphatic carboxylic acids is 3. The van der Waals surface area contributed by atoms with E-state index in [1.165, 1.54) is 109 Å². The third-order valence-corrected chi connectivity index (χ3v) is 26.9. The third-order valence-electron chi connectivity index (χ3n) is 26.9. The number of ether oxygens (including phenoxy) is 12. The summed E-state index contributed by atoms with van der Waals surface area (Å²) in [6, 6.07) is -7.30. The van der Waals surface area contributed by atoms with Gasteiger partial charge in [0.25, 0.3) is 17.4 Å². The fourth-order valence-electron chi connectivity index (χ4n) is 19.0. The average molecular weight is 2050 g/mol. The predicted molar refractivity (Wildman–Crippen MR) is 497 cm³/mol. The molecule has 0 saturated carbocycles. The largest absolute Gasteiger partial charge is 0.477 e. The van der Waals surface area contributed by atoms with Gasteiger partial charge in [0.2, 0.25) is 23.6 Å². The van der Waals surface area contributed by atoms with Crippen LogP contribution in [0, 0.1) is 5.92 Å². The first-order chi connectivity index (χ1) is 67.6. The molecule has 6 aliphatic rings. The molecule has 26 N–H and O–H groups in total. The number of allylic oxidation sites excluding steroid dienone is 3. The predicted octanol–water partition coefficient (Wildman–Crippen LogP) is -1.31. The van der Waals surface area contributed by atoms with E-state index >= 15 is 0 Å². The fraction of sp³-hybridized carbons (Fsp3) is 0.875. The summed E-state index contributed by atoms with van der Waals surface area (Å²) >= 11 is 0. The maximum Gasteiger partial charge on any atom is 0.364 e. The van der Waals surface area contributed by atoms with Crippen molar-refractivity contribution in [3.05, 3.63) is 24.3 Å². The van der Waals surface area contributed by atoms with Gasteiger partial charge in [0.15, 0.2) is 18.9 Å². The number of hydrogen-bond donors (Lipinski definition) is 26. The van der Waals surface area contributed by atoms with Gasteiger partial charge in [-0.15, -0.1) is 0 Å². The molecule has 822 valence electrons. The Morgan fingerprint density at radius 1 is 0.401 bits per heavy atom. The highest BCUT2D eigenvalue weighted by Gasteiger charge is 2.65. The van der Waals surface area contributed by atoms with Gasteiger partial charge in [-0.2, -0.15) is 0 Å². The Kier molecular flexibility index (Phi) is 56.2. The van der Waals surface area contributed by atoms with Crippen molar-refractivity contribution < 1.29 is 208 Å². The van der Waals surface area contributed by atoms with E-state index in [1.807, 2.05) is 0 Å². The fourth-order valence-corrected chi connectivity index (χ4v) is 19.0. The Balaban J connectivity index is 1.28. The van der Waals surface area contributed by atoms with Gasteiger partial charge >= 0.3 is 17.9 Å². The molecule has 0 aromatic carbocycles. The molecule has 46 nitrogen and oxygen atoms in total. The molecule has 142 heavy (non-hydrogen) atoms. The summed E-state index contributed by atoms with van der Waals surface area (Å²) in [5, 5.41) is 262. The van der Waals surface area contributed by atoms with E-state index in [9.17, 15) is 151 Å². The number of carboxylic acid groups (broad SMARTS) is 3. The number of ketones is 1. The van der Waals surface area contributed by atoms with Gasteiger partial charge in [-0.3, -0.25) is 19.2 Å². The molecule has 46 heteroatoms. The van der Waals surface area contributed by atoms with Crippen LogP contribution in [0.2, 0.25) is 0 Å². The van der Waals surface area contributed by atoms with E-state index < -0.39 is 332 Å². The Bertz CT molecular complexity index is 3730. The minimum atomic E-state index is -3.71. The molecule has 0 aromatic heterocycles. The number of aliphatic hydroxyl groups excluding tert-OH is 19. The van der Waals surface area contributed by atoms with Gasteiger partial charge in [-0.1, -0.05) is 192 Å². The Morgan fingerprint density at radius 3 is 1.18 bits per heavy atom. The summed E-state index contributed by atoms with van der Waals surface area (Å²) in [5.74, 6) is -23.6. The second-order valence-electron chi connectivity index (χ2n) is 38.5. The monoisotopic (exact) mass is 2050 g/mol. The number of amides is 4. The number of rotatable bonds is 69. The summed E-state index contributed by atoms with van der Waals surface area (Å²) in [6.07, 6.45) is -24.8. The summed E-state index contributed by atoms with van der Waals surface area (Å²) in [5.41, 5.74) is 0. The van der Waals surface area contributed by atoms with Gasteiger partial charge in [-0.05, 0) is 51.9 Å². The van der Waals surface area contributed by atoms with E-state index in [1.54, 1.807) is 6.08 Å². The second kappa shape index (κ2) is 63.9. The maximum atomic E-state index is 14.5. The molecule has 6 aliphatic heterocycles. The zero-order valence-electron chi connectivity index (χ0n) is 82.7. The molecular weight excluding hydrogens is 1880 g/mol. The van der Waals surface area contributed by atoms with Crippen LogP contribution in [0.4, 0.5) is 0 Å². The Morgan fingerprint density at radius 2 is 0.775 bits per heavy atom. The number of aliphatic hydroxyl groups is 19. The van der Waals surface area contributed by atoms with E-state index in [2.05, 4.69) is 47.3 Å². The lowest BCUT2D eigenvalue weighted by Gasteiger charge is -2.53. The van der Waals surface area contributed by atoms with Crippen molar-refractivity contribution in [2.75, 3.05) is 46.2 Å². The van der Waals surface area contributed by atoms with E-state index in [-0.39, 0.29) is 6.42 Å². The molecule has 0 aliphatic carbocycles. The van der Waals surface area contributed by atoms with Crippen LogP contribution in [-0.4, -0.2) is 413 Å². The highest BCUT2D eigenvalue weighted by molar-refractivity contribution is 5.79. The molecule has 6 saturated heterocycles. The van der Waals surface area contributed by atoms with Crippen molar-refractivity contribution in [1.82, 2.24) is 21.3 Å². The van der Waals surface area contributed by atoms with Gasteiger partial charge < -0.3 is 195 Å². The van der Waals surface area contributed by atoms with E-state index in [4.69, 9.17) is 56.8 Å². The number of carbonyl (C=O) groups is 8. The van der Waals surface area contributed by atoms with Crippen LogP contribution in [0.1, 0.15) is 273 Å². The van der Waals surface area contributed by atoms with Crippen LogP contribution in [0.3, 0.4) is 0 Å². The second-order valence-corrected chi connectivity index (χ2v) is 38.5. The zero-order valence-corrected chi connectivity index (χ0v) is 82.7. The molecule has 6 rings (SSSR count). The summed E-state index contributed by atoms with van der Waals surface area (Å²) in [6.45, 7) is -0.581. The van der Waals surface area contributed by atoms with Crippen molar-refractivity contribution in [1.29, 1.82) is 0 Å². The van der Waals surface area contributed by atoms with Crippen LogP contribution in [0.25, 0.3) is 0 Å². The lowest BCUT2D eigenvalue weighted by Crippen LogP contribution is -2.72. The van der Waals surface area contributed by atoms with Crippen molar-refractivity contribution in [3.63, 3.8) is 0 Å². The molecule has 6 heterocycles. The number of carbonyl (C=O) groups excluding carboxylic acids is 5. The van der Waals surface area contributed by atoms with Gasteiger partial charge in [0.05, 0.1) is 101 Å². The number of unbranched alkanes of at least 4 members (excludes halogenated alkanes) is 28. The van der Waals surface area contributed by atoms with E-state index in [0.29, 0.717) is 12.8 Å². The molecule has 6 fully saturated rings. The van der Waals surface area contributed by atoms with Crippen LogP contribution in [-0.2, 0) is 95.2 Å². The van der Waals surface area contributed by atoms with Crippen LogP contribution in [0.15, 0.2) is 24.3 Å². The first kappa shape index (κ1) is 125. The molecule has 0 radical (unpaired) electrons. The van der Waals surface area contributed by atoms with Crippen molar-refractivity contribution in [3.8, 4) is 0 Å². The quantitative estimate of drug-likeness (QED) is 0.0248. The van der Waals surface area contributed by atoms with Crippen molar-refractivity contribution in [2.45, 2.75) is 480 Å².